The van der Waals surface area contributed by atoms with E-state index in [1.54, 1.807) is 13.2 Å². The van der Waals surface area contributed by atoms with Crippen molar-refractivity contribution in [3.05, 3.63) is 32.6 Å². The lowest BCUT2D eigenvalue weighted by Gasteiger charge is -2.14. The highest BCUT2D eigenvalue weighted by atomic mass is 16.2. The highest BCUT2D eigenvalue weighted by molar-refractivity contribution is 5.07. The smallest absolute Gasteiger partial charge is 0.309 e. The lowest BCUT2D eigenvalue weighted by Crippen LogP contribution is -2.41. The van der Waals surface area contributed by atoms with E-state index >= 15 is 0 Å². The third-order valence-corrected chi connectivity index (χ3v) is 2.70. The van der Waals surface area contributed by atoms with Gasteiger partial charge in [-0.1, -0.05) is 13.8 Å². The van der Waals surface area contributed by atoms with Gasteiger partial charge in [-0.2, -0.15) is 0 Å². The molecule has 0 fully saturated rings. The zero-order chi connectivity index (χ0) is 15.2. The van der Waals surface area contributed by atoms with Crippen molar-refractivity contribution in [1.82, 2.24) is 14.0 Å². The first-order valence-corrected chi connectivity index (χ1v) is 6.80. The average Bonchev–Trinajstić information content (AvgIpc) is 2.34. The van der Waals surface area contributed by atoms with Crippen LogP contribution in [0.1, 0.15) is 39.3 Å². The monoisotopic (exact) mass is 269 g/mol. The molecule has 110 valence electrons. The maximum atomic E-state index is 12.1. The summed E-state index contributed by atoms with van der Waals surface area (Å²) in [5, 5.41) is 0. The molecule has 1 aromatic heterocycles. The number of nitrogens with zero attached hydrogens (tertiary/aromatic N) is 3. The fraction of sp³-hybridized carbons (Fsp3) is 0.714. The van der Waals surface area contributed by atoms with Crippen LogP contribution in [0.5, 0.6) is 0 Å². The summed E-state index contributed by atoms with van der Waals surface area (Å²) in [5.74, 6) is 0. The molecular formula is C14H27N3O2. The van der Waals surface area contributed by atoms with Crippen molar-refractivity contribution in [1.29, 1.82) is 0 Å². The number of aromatic nitrogens is 2. The molecule has 5 nitrogen and oxygen atoms in total. The summed E-state index contributed by atoms with van der Waals surface area (Å²) in [6, 6.07) is -0.111. The number of rotatable bonds is 4. The standard InChI is InChI=1S/C12H21N3O2.C2H6/c1-9(2)15-11(16)10(6-7-13(3)4)8-14(5)12(15)17;1-2/h8-9H,6-7H2,1-5H3;1-2H3. The molecule has 0 aromatic carbocycles. The van der Waals surface area contributed by atoms with Gasteiger partial charge in [0, 0.05) is 31.4 Å². The van der Waals surface area contributed by atoms with Gasteiger partial charge in [0.05, 0.1) is 0 Å². The van der Waals surface area contributed by atoms with E-state index in [4.69, 9.17) is 0 Å². The van der Waals surface area contributed by atoms with E-state index < -0.39 is 0 Å². The minimum Gasteiger partial charge on any atom is -0.309 e. The molecule has 0 saturated heterocycles. The molecule has 0 aliphatic heterocycles. The Kier molecular flexibility index (Phi) is 7.37. The van der Waals surface area contributed by atoms with Gasteiger partial charge >= 0.3 is 5.69 Å². The number of aryl methyl sites for hydroxylation is 1. The second kappa shape index (κ2) is 7.94. The van der Waals surface area contributed by atoms with Crippen LogP contribution in [0, 0.1) is 0 Å². The second-order valence-corrected chi connectivity index (χ2v) is 4.87. The number of hydrogen-bond acceptors (Lipinski definition) is 3. The van der Waals surface area contributed by atoms with Crippen molar-refractivity contribution in [3.63, 3.8) is 0 Å². The highest BCUT2D eigenvalue weighted by Crippen LogP contribution is 1.98. The molecule has 0 aliphatic rings. The van der Waals surface area contributed by atoms with Crippen LogP contribution in [0.4, 0.5) is 0 Å². The van der Waals surface area contributed by atoms with Crippen molar-refractivity contribution in [2.45, 2.75) is 40.2 Å². The predicted octanol–water partition coefficient (Wildman–Crippen LogP) is 1.26. The molecule has 0 aliphatic carbocycles. The van der Waals surface area contributed by atoms with Gasteiger partial charge in [-0.3, -0.25) is 9.36 Å². The van der Waals surface area contributed by atoms with E-state index in [1.165, 1.54) is 9.13 Å². The molecule has 1 heterocycles. The largest absolute Gasteiger partial charge is 0.330 e. The molecule has 0 atom stereocenters. The van der Waals surface area contributed by atoms with Crippen molar-refractivity contribution >= 4 is 0 Å². The van der Waals surface area contributed by atoms with Crippen molar-refractivity contribution in [2.24, 2.45) is 7.05 Å². The van der Waals surface area contributed by atoms with Gasteiger partial charge in [0.1, 0.15) is 0 Å². The summed E-state index contributed by atoms with van der Waals surface area (Å²) >= 11 is 0. The first-order chi connectivity index (χ1) is 8.84. The molecule has 0 spiro atoms. The molecule has 0 unspecified atom stereocenters. The Labute approximate surface area is 115 Å². The zero-order valence-electron chi connectivity index (χ0n) is 13.2. The van der Waals surface area contributed by atoms with Gasteiger partial charge in [0.15, 0.2) is 0 Å². The predicted molar refractivity (Wildman–Crippen MR) is 79.9 cm³/mol. The normalized spacial score (nSPS) is 10.6. The van der Waals surface area contributed by atoms with Gasteiger partial charge in [-0.25, -0.2) is 4.79 Å². The average molecular weight is 269 g/mol. The molecule has 0 N–H and O–H groups in total. The quantitative estimate of drug-likeness (QED) is 0.826. The van der Waals surface area contributed by atoms with Crippen LogP contribution < -0.4 is 11.2 Å². The van der Waals surface area contributed by atoms with Crippen LogP contribution >= 0.6 is 0 Å². The van der Waals surface area contributed by atoms with Crippen molar-refractivity contribution in [2.75, 3.05) is 20.6 Å². The topological polar surface area (TPSA) is 47.2 Å². The summed E-state index contributed by atoms with van der Waals surface area (Å²) < 4.78 is 2.79. The van der Waals surface area contributed by atoms with Gasteiger partial charge in [-0.05, 0) is 34.4 Å². The summed E-state index contributed by atoms with van der Waals surface area (Å²) in [7, 11) is 5.60. The van der Waals surface area contributed by atoms with Crippen LogP contribution in [-0.2, 0) is 13.5 Å². The van der Waals surface area contributed by atoms with Gasteiger partial charge in [0.2, 0.25) is 0 Å². The lowest BCUT2D eigenvalue weighted by atomic mass is 10.2. The van der Waals surface area contributed by atoms with E-state index in [9.17, 15) is 9.59 Å². The Morgan fingerprint density at radius 1 is 1.21 bits per heavy atom. The maximum Gasteiger partial charge on any atom is 0.330 e. The van der Waals surface area contributed by atoms with E-state index in [2.05, 4.69) is 0 Å². The molecule has 0 bridgehead atoms. The van der Waals surface area contributed by atoms with Crippen LogP contribution in [-0.4, -0.2) is 34.7 Å². The second-order valence-electron chi connectivity index (χ2n) is 4.87. The van der Waals surface area contributed by atoms with E-state index in [0.29, 0.717) is 12.0 Å². The Morgan fingerprint density at radius 2 is 1.74 bits per heavy atom. The summed E-state index contributed by atoms with van der Waals surface area (Å²) in [6.45, 7) is 8.49. The van der Waals surface area contributed by atoms with Gasteiger partial charge in [-0.15, -0.1) is 0 Å². The Balaban J connectivity index is 0.00000154. The summed E-state index contributed by atoms with van der Waals surface area (Å²) in [4.78, 5) is 26.0. The Bertz CT molecular complexity index is 498. The zero-order valence-corrected chi connectivity index (χ0v) is 13.2. The van der Waals surface area contributed by atoms with E-state index in [0.717, 1.165) is 6.54 Å². The fourth-order valence-corrected chi connectivity index (χ4v) is 1.73. The van der Waals surface area contributed by atoms with Crippen LogP contribution in [0.3, 0.4) is 0 Å². The highest BCUT2D eigenvalue weighted by Gasteiger charge is 2.12. The molecule has 0 saturated carbocycles. The van der Waals surface area contributed by atoms with E-state index in [-0.39, 0.29) is 17.3 Å². The lowest BCUT2D eigenvalue weighted by molar-refractivity contribution is 0.409. The molecule has 1 aromatic rings. The molecule has 1 rings (SSSR count). The summed E-state index contributed by atoms with van der Waals surface area (Å²) in [6.07, 6.45) is 2.31. The minimum absolute atomic E-state index is 0.111. The maximum absolute atomic E-state index is 12.1. The third kappa shape index (κ3) is 4.67. The number of hydrogen-bond donors (Lipinski definition) is 0. The molecule has 19 heavy (non-hydrogen) atoms. The van der Waals surface area contributed by atoms with Crippen LogP contribution in [0.2, 0.25) is 0 Å². The Morgan fingerprint density at radius 3 is 2.16 bits per heavy atom. The van der Waals surface area contributed by atoms with Crippen molar-refractivity contribution < 1.29 is 0 Å². The Hall–Kier alpha value is -1.36. The molecule has 0 amide bonds. The van der Waals surface area contributed by atoms with Crippen molar-refractivity contribution in [3.8, 4) is 0 Å². The minimum atomic E-state index is -0.251. The molecular weight excluding hydrogens is 242 g/mol. The van der Waals surface area contributed by atoms with Crippen LogP contribution in [0.15, 0.2) is 15.8 Å². The molecule has 5 heteroatoms. The molecule has 0 radical (unpaired) electrons. The SMILES string of the molecule is CC.CC(C)n1c(=O)c(CCN(C)C)cn(C)c1=O. The first kappa shape index (κ1) is 17.6. The van der Waals surface area contributed by atoms with Crippen LogP contribution in [0.25, 0.3) is 0 Å². The third-order valence-electron chi connectivity index (χ3n) is 2.70. The first-order valence-electron chi connectivity index (χ1n) is 6.80. The fourth-order valence-electron chi connectivity index (χ4n) is 1.73. The number of likely N-dealkylation sites (N-methyl/N-ethyl adjacent to an activating group) is 1. The van der Waals surface area contributed by atoms with Gasteiger partial charge in [0.25, 0.3) is 5.56 Å². The van der Waals surface area contributed by atoms with E-state index in [1.807, 2.05) is 46.7 Å². The van der Waals surface area contributed by atoms with Gasteiger partial charge < -0.3 is 9.47 Å². The summed E-state index contributed by atoms with van der Waals surface area (Å²) in [5.41, 5.74) is 0.276.